The summed E-state index contributed by atoms with van der Waals surface area (Å²) in [5.74, 6) is 0.518. The zero-order valence-corrected chi connectivity index (χ0v) is 10.7. The van der Waals surface area contributed by atoms with E-state index in [1.54, 1.807) is 19.4 Å². The second-order valence-corrected chi connectivity index (χ2v) is 4.22. The lowest BCUT2D eigenvalue weighted by atomic mass is 10.2. The van der Waals surface area contributed by atoms with E-state index in [9.17, 15) is 4.79 Å². The number of aryl methyl sites for hydroxylation is 2. The number of amides is 1. The molecule has 4 heteroatoms. The van der Waals surface area contributed by atoms with Crippen molar-refractivity contribution in [2.75, 3.05) is 12.4 Å². The molecular formula is C14H16N2O2. The summed E-state index contributed by atoms with van der Waals surface area (Å²) < 4.78 is 7.06. The van der Waals surface area contributed by atoms with Gasteiger partial charge < -0.3 is 14.6 Å². The molecule has 0 bridgehead atoms. The van der Waals surface area contributed by atoms with Gasteiger partial charge in [0.25, 0.3) is 5.91 Å². The summed E-state index contributed by atoms with van der Waals surface area (Å²) in [6.07, 6.45) is 3.61. The van der Waals surface area contributed by atoms with Gasteiger partial charge in [-0.25, -0.2) is 0 Å². The predicted octanol–water partition coefficient (Wildman–Crippen LogP) is 2.59. The monoisotopic (exact) mass is 244 g/mol. The number of rotatable bonds is 3. The first-order valence-corrected chi connectivity index (χ1v) is 5.68. The van der Waals surface area contributed by atoms with Crippen LogP contribution in [0.2, 0.25) is 0 Å². The van der Waals surface area contributed by atoms with Crippen molar-refractivity contribution in [1.82, 2.24) is 4.57 Å². The normalized spacial score (nSPS) is 10.2. The molecule has 4 nitrogen and oxygen atoms in total. The fourth-order valence-electron chi connectivity index (χ4n) is 1.75. The van der Waals surface area contributed by atoms with E-state index in [0.29, 0.717) is 17.0 Å². The molecular weight excluding hydrogens is 228 g/mol. The molecule has 1 aromatic carbocycles. The van der Waals surface area contributed by atoms with Gasteiger partial charge >= 0.3 is 0 Å². The van der Waals surface area contributed by atoms with Crippen LogP contribution in [0, 0.1) is 6.92 Å². The number of carbonyl (C=O) groups is 1. The topological polar surface area (TPSA) is 43.3 Å². The molecule has 0 radical (unpaired) electrons. The quantitative estimate of drug-likeness (QED) is 0.901. The molecule has 0 unspecified atom stereocenters. The van der Waals surface area contributed by atoms with Crippen molar-refractivity contribution in [3.63, 3.8) is 0 Å². The fraction of sp³-hybridized carbons (Fsp3) is 0.214. The van der Waals surface area contributed by atoms with Gasteiger partial charge in [-0.2, -0.15) is 0 Å². The van der Waals surface area contributed by atoms with Crippen LogP contribution in [-0.2, 0) is 7.05 Å². The van der Waals surface area contributed by atoms with Crippen molar-refractivity contribution >= 4 is 11.6 Å². The Labute approximate surface area is 106 Å². The molecule has 1 aromatic heterocycles. The summed E-state index contributed by atoms with van der Waals surface area (Å²) in [5.41, 5.74) is 2.38. The van der Waals surface area contributed by atoms with Crippen molar-refractivity contribution in [2.24, 2.45) is 7.05 Å². The predicted molar refractivity (Wildman–Crippen MR) is 71.1 cm³/mol. The van der Waals surface area contributed by atoms with E-state index in [1.807, 2.05) is 42.9 Å². The summed E-state index contributed by atoms with van der Waals surface area (Å²) in [5, 5.41) is 2.85. The maximum absolute atomic E-state index is 12.0. The number of hydrogen-bond donors (Lipinski definition) is 1. The average Bonchev–Trinajstić information content (AvgIpc) is 2.76. The molecule has 1 heterocycles. The van der Waals surface area contributed by atoms with Crippen molar-refractivity contribution in [1.29, 1.82) is 0 Å². The summed E-state index contributed by atoms with van der Waals surface area (Å²) in [6.45, 7) is 1.97. The molecule has 0 aliphatic heterocycles. The highest BCUT2D eigenvalue weighted by Crippen LogP contribution is 2.25. The lowest BCUT2D eigenvalue weighted by Crippen LogP contribution is -2.12. The van der Waals surface area contributed by atoms with Crippen LogP contribution in [-0.4, -0.2) is 17.6 Å². The second kappa shape index (κ2) is 4.96. The Morgan fingerprint density at radius 1 is 1.33 bits per heavy atom. The highest BCUT2D eigenvalue weighted by Gasteiger charge is 2.10. The van der Waals surface area contributed by atoms with Crippen LogP contribution < -0.4 is 10.1 Å². The lowest BCUT2D eigenvalue weighted by Gasteiger charge is -2.10. The maximum atomic E-state index is 12.0. The van der Waals surface area contributed by atoms with Crippen LogP contribution in [0.5, 0.6) is 5.75 Å². The zero-order chi connectivity index (χ0) is 13.1. The van der Waals surface area contributed by atoms with Gasteiger partial charge in [-0.3, -0.25) is 4.79 Å². The van der Waals surface area contributed by atoms with Crippen molar-refractivity contribution in [3.8, 4) is 5.75 Å². The average molecular weight is 244 g/mol. The molecule has 0 aliphatic carbocycles. The largest absolute Gasteiger partial charge is 0.495 e. The van der Waals surface area contributed by atoms with Crippen molar-refractivity contribution in [2.45, 2.75) is 6.92 Å². The molecule has 94 valence electrons. The van der Waals surface area contributed by atoms with Gasteiger partial charge in [0.15, 0.2) is 0 Å². The number of benzene rings is 1. The first kappa shape index (κ1) is 12.2. The molecule has 0 aliphatic rings. The molecule has 2 rings (SSSR count). The van der Waals surface area contributed by atoms with Gasteiger partial charge in [0.2, 0.25) is 0 Å². The molecule has 18 heavy (non-hydrogen) atoms. The third-order valence-corrected chi connectivity index (χ3v) is 2.70. The van der Waals surface area contributed by atoms with E-state index >= 15 is 0 Å². The summed E-state index contributed by atoms with van der Waals surface area (Å²) >= 11 is 0. The van der Waals surface area contributed by atoms with Crippen LogP contribution in [0.3, 0.4) is 0 Å². The van der Waals surface area contributed by atoms with Crippen LogP contribution in [0.15, 0.2) is 36.7 Å². The van der Waals surface area contributed by atoms with E-state index in [1.165, 1.54) is 0 Å². The van der Waals surface area contributed by atoms with Crippen LogP contribution in [0.25, 0.3) is 0 Å². The van der Waals surface area contributed by atoms with E-state index in [-0.39, 0.29) is 5.91 Å². The van der Waals surface area contributed by atoms with Crippen LogP contribution >= 0.6 is 0 Å². The molecule has 0 saturated heterocycles. The lowest BCUT2D eigenvalue weighted by molar-refractivity contribution is 0.102. The fourth-order valence-corrected chi connectivity index (χ4v) is 1.75. The molecule has 2 aromatic rings. The number of anilines is 1. The number of hydrogen-bond acceptors (Lipinski definition) is 2. The highest BCUT2D eigenvalue weighted by molar-refractivity contribution is 6.05. The zero-order valence-electron chi connectivity index (χ0n) is 10.7. The summed E-state index contributed by atoms with van der Waals surface area (Å²) in [4.78, 5) is 12.0. The number of methoxy groups -OCH3 is 1. The standard InChI is InChI=1S/C14H16N2O2/c1-10-4-5-13(18-3)12(8-10)15-14(17)11-6-7-16(2)9-11/h4-9H,1-3H3,(H,15,17). The Hall–Kier alpha value is -2.23. The van der Waals surface area contributed by atoms with Crippen molar-refractivity contribution < 1.29 is 9.53 Å². The van der Waals surface area contributed by atoms with Gasteiger partial charge in [0, 0.05) is 19.4 Å². The van der Waals surface area contributed by atoms with Gasteiger partial charge in [-0.05, 0) is 30.7 Å². The molecule has 1 N–H and O–H groups in total. The van der Waals surface area contributed by atoms with Gasteiger partial charge in [-0.1, -0.05) is 6.07 Å². The minimum atomic E-state index is -0.139. The highest BCUT2D eigenvalue weighted by atomic mass is 16.5. The van der Waals surface area contributed by atoms with E-state index in [2.05, 4.69) is 5.32 Å². The van der Waals surface area contributed by atoms with Gasteiger partial charge in [-0.15, -0.1) is 0 Å². The molecule has 0 atom stereocenters. The summed E-state index contributed by atoms with van der Waals surface area (Å²) in [7, 11) is 3.47. The Morgan fingerprint density at radius 2 is 2.11 bits per heavy atom. The number of nitrogens with zero attached hydrogens (tertiary/aromatic N) is 1. The minimum Gasteiger partial charge on any atom is -0.495 e. The van der Waals surface area contributed by atoms with E-state index in [0.717, 1.165) is 5.56 Å². The van der Waals surface area contributed by atoms with Gasteiger partial charge in [0.1, 0.15) is 5.75 Å². The van der Waals surface area contributed by atoms with Gasteiger partial charge in [0.05, 0.1) is 18.4 Å². The minimum absolute atomic E-state index is 0.139. The maximum Gasteiger partial charge on any atom is 0.257 e. The first-order chi connectivity index (χ1) is 8.60. The molecule has 0 fully saturated rings. The Morgan fingerprint density at radius 3 is 2.72 bits per heavy atom. The second-order valence-electron chi connectivity index (χ2n) is 4.22. The Kier molecular flexibility index (Phi) is 3.37. The van der Waals surface area contributed by atoms with Crippen LogP contribution in [0.4, 0.5) is 5.69 Å². The van der Waals surface area contributed by atoms with E-state index in [4.69, 9.17) is 4.74 Å². The molecule has 0 saturated carbocycles. The third kappa shape index (κ3) is 2.53. The van der Waals surface area contributed by atoms with E-state index < -0.39 is 0 Å². The Balaban J connectivity index is 2.23. The molecule has 0 spiro atoms. The van der Waals surface area contributed by atoms with Crippen molar-refractivity contribution in [3.05, 3.63) is 47.8 Å². The van der Waals surface area contributed by atoms with Crippen LogP contribution in [0.1, 0.15) is 15.9 Å². The summed E-state index contributed by atoms with van der Waals surface area (Å²) in [6, 6.07) is 7.45. The SMILES string of the molecule is COc1ccc(C)cc1NC(=O)c1ccn(C)c1. The third-order valence-electron chi connectivity index (χ3n) is 2.70. The molecule has 1 amide bonds. The number of ether oxygens (including phenoxy) is 1. The number of carbonyl (C=O) groups excluding carboxylic acids is 1. The first-order valence-electron chi connectivity index (χ1n) is 5.68. The number of aromatic nitrogens is 1. The Bertz CT molecular complexity index is 573. The smallest absolute Gasteiger partial charge is 0.257 e. The number of nitrogens with one attached hydrogen (secondary N) is 1.